The van der Waals surface area contributed by atoms with Crippen molar-refractivity contribution >= 4 is 12.1 Å². The molecule has 0 fully saturated rings. The average Bonchev–Trinajstić information content (AvgIpc) is 2.78. The minimum atomic E-state index is -0.366. The van der Waals surface area contributed by atoms with Crippen molar-refractivity contribution in [1.82, 2.24) is 5.43 Å². The van der Waals surface area contributed by atoms with Gasteiger partial charge in [0.25, 0.3) is 5.91 Å². The van der Waals surface area contributed by atoms with E-state index in [1.807, 2.05) is 36.4 Å². The van der Waals surface area contributed by atoms with Gasteiger partial charge in [0.2, 0.25) is 0 Å². The van der Waals surface area contributed by atoms with Crippen LogP contribution in [0.25, 0.3) is 0 Å². The predicted molar refractivity (Wildman–Crippen MR) is 116 cm³/mol. The highest BCUT2D eigenvalue weighted by atomic mass is 16.5. The number of carbonyl (C=O) groups excluding carboxylic acids is 1. The van der Waals surface area contributed by atoms with Gasteiger partial charge in [0.05, 0.1) is 13.3 Å². The fraction of sp³-hybridized carbons (Fsp3) is 0.167. The van der Waals surface area contributed by atoms with Gasteiger partial charge in [-0.25, -0.2) is 5.43 Å². The molecule has 0 unspecified atom stereocenters. The quantitative estimate of drug-likeness (QED) is 0.430. The molecule has 0 aliphatic heterocycles. The van der Waals surface area contributed by atoms with Crippen molar-refractivity contribution in [2.45, 2.75) is 13.5 Å². The Balaban J connectivity index is 1.43. The van der Waals surface area contributed by atoms with Crippen molar-refractivity contribution in [2.75, 3.05) is 13.7 Å². The first-order valence-corrected chi connectivity index (χ1v) is 9.50. The van der Waals surface area contributed by atoms with Gasteiger partial charge in [-0.2, -0.15) is 5.10 Å². The van der Waals surface area contributed by atoms with E-state index in [-0.39, 0.29) is 12.5 Å². The summed E-state index contributed by atoms with van der Waals surface area (Å²) in [4.78, 5) is 11.9. The highest BCUT2D eigenvalue weighted by Gasteiger charge is 2.06. The molecule has 30 heavy (non-hydrogen) atoms. The van der Waals surface area contributed by atoms with Crippen LogP contribution in [0, 0.1) is 6.92 Å². The highest BCUT2D eigenvalue weighted by Crippen LogP contribution is 2.25. The molecule has 3 aromatic rings. The molecule has 154 valence electrons. The lowest BCUT2D eigenvalue weighted by atomic mass is 10.2. The summed E-state index contributed by atoms with van der Waals surface area (Å²) in [6, 6.07) is 22.8. The number of carbonyl (C=O) groups is 1. The van der Waals surface area contributed by atoms with E-state index < -0.39 is 0 Å². The molecule has 0 saturated carbocycles. The molecular weight excluding hydrogens is 380 g/mol. The number of aryl methyl sites for hydroxylation is 1. The minimum Gasteiger partial charge on any atom is -0.493 e. The molecule has 6 heteroatoms. The van der Waals surface area contributed by atoms with Crippen LogP contribution in [0.1, 0.15) is 16.7 Å². The van der Waals surface area contributed by atoms with Crippen LogP contribution < -0.4 is 19.6 Å². The number of hydrogen-bond donors (Lipinski definition) is 1. The summed E-state index contributed by atoms with van der Waals surface area (Å²) < 4.78 is 16.4. The summed E-state index contributed by atoms with van der Waals surface area (Å²) in [6.45, 7) is 2.40. The fourth-order valence-electron chi connectivity index (χ4n) is 2.59. The summed E-state index contributed by atoms with van der Waals surface area (Å²) in [5.74, 6) is 1.47. The number of benzene rings is 3. The molecule has 0 radical (unpaired) electrons. The number of nitrogens with one attached hydrogen (secondary N) is 1. The van der Waals surface area contributed by atoms with E-state index in [2.05, 4.69) is 41.7 Å². The molecule has 1 N–H and O–H groups in total. The van der Waals surface area contributed by atoms with E-state index in [4.69, 9.17) is 14.2 Å². The van der Waals surface area contributed by atoms with E-state index in [1.54, 1.807) is 25.5 Å². The van der Waals surface area contributed by atoms with Crippen molar-refractivity contribution < 1.29 is 19.0 Å². The Labute approximate surface area is 176 Å². The number of ether oxygens (including phenoxy) is 3. The summed E-state index contributed by atoms with van der Waals surface area (Å²) in [6.07, 6.45) is 1.56. The summed E-state index contributed by atoms with van der Waals surface area (Å²) in [5.41, 5.74) is 5.61. The van der Waals surface area contributed by atoms with Gasteiger partial charge in [0, 0.05) is 0 Å². The van der Waals surface area contributed by atoms with Crippen molar-refractivity contribution in [3.05, 3.63) is 89.5 Å². The van der Waals surface area contributed by atoms with Gasteiger partial charge in [-0.1, -0.05) is 42.0 Å². The first-order chi connectivity index (χ1) is 14.6. The zero-order valence-electron chi connectivity index (χ0n) is 17.0. The average molecular weight is 404 g/mol. The Bertz CT molecular complexity index is 983. The molecule has 6 nitrogen and oxygen atoms in total. The number of nitrogens with zero attached hydrogens (tertiary/aromatic N) is 1. The third-order valence-electron chi connectivity index (χ3n) is 4.24. The van der Waals surface area contributed by atoms with E-state index >= 15 is 0 Å². The summed E-state index contributed by atoms with van der Waals surface area (Å²) in [7, 11) is 1.55. The Kier molecular flexibility index (Phi) is 7.44. The van der Waals surface area contributed by atoms with Crippen LogP contribution in [-0.4, -0.2) is 25.8 Å². The number of amides is 1. The first kappa shape index (κ1) is 20.9. The number of para-hydroxylation sites is 2. The maximum absolute atomic E-state index is 11.9. The third kappa shape index (κ3) is 6.38. The normalized spacial score (nSPS) is 10.6. The predicted octanol–water partition coefficient (Wildman–Crippen LogP) is 4.11. The van der Waals surface area contributed by atoms with E-state index in [9.17, 15) is 4.79 Å². The number of rotatable bonds is 9. The molecule has 0 aliphatic rings. The van der Waals surface area contributed by atoms with Crippen LogP contribution in [-0.2, 0) is 11.4 Å². The Morgan fingerprint density at radius 3 is 2.33 bits per heavy atom. The number of hydrazone groups is 1. The second-order valence-corrected chi connectivity index (χ2v) is 6.58. The zero-order valence-corrected chi connectivity index (χ0v) is 17.0. The topological polar surface area (TPSA) is 69.2 Å². The number of hydrogen-bond acceptors (Lipinski definition) is 5. The molecule has 1 amide bonds. The van der Waals surface area contributed by atoms with Crippen molar-refractivity contribution in [3.63, 3.8) is 0 Å². The highest BCUT2D eigenvalue weighted by molar-refractivity contribution is 5.83. The largest absolute Gasteiger partial charge is 0.493 e. The van der Waals surface area contributed by atoms with Crippen LogP contribution >= 0.6 is 0 Å². The van der Waals surface area contributed by atoms with E-state index in [1.165, 1.54) is 5.56 Å². The molecule has 0 bridgehead atoms. The Morgan fingerprint density at radius 1 is 0.933 bits per heavy atom. The van der Waals surface area contributed by atoms with Crippen LogP contribution in [0.15, 0.2) is 77.9 Å². The number of methoxy groups -OCH3 is 1. The minimum absolute atomic E-state index is 0.163. The fourth-order valence-corrected chi connectivity index (χ4v) is 2.59. The van der Waals surface area contributed by atoms with Crippen LogP contribution in [0.2, 0.25) is 0 Å². The van der Waals surface area contributed by atoms with E-state index in [0.717, 1.165) is 16.9 Å². The lowest BCUT2D eigenvalue weighted by Crippen LogP contribution is -2.24. The van der Waals surface area contributed by atoms with Crippen LogP contribution in [0.3, 0.4) is 0 Å². The van der Waals surface area contributed by atoms with Crippen LogP contribution in [0.4, 0.5) is 0 Å². The molecular formula is C24H24N2O4. The lowest BCUT2D eigenvalue weighted by molar-refractivity contribution is -0.123. The van der Waals surface area contributed by atoms with Gasteiger partial charge in [-0.05, 0) is 54.4 Å². The molecule has 3 aromatic carbocycles. The Morgan fingerprint density at radius 2 is 1.63 bits per heavy atom. The Hall–Kier alpha value is -3.80. The van der Waals surface area contributed by atoms with Crippen molar-refractivity contribution in [1.29, 1.82) is 0 Å². The van der Waals surface area contributed by atoms with Gasteiger partial charge in [0.1, 0.15) is 12.4 Å². The molecule has 0 heterocycles. The molecule has 0 aromatic heterocycles. The summed E-state index contributed by atoms with van der Waals surface area (Å²) >= 11 is 0. The molecule has 0 atom stereocenters. The van der Waals surface area contributed by atoms with Gasteiger partial charge in [-0.15, -0.1) is 0 Å². The van der Waals surface area contributed by atoms with Gasteiger partial charge >= 0.3 is 0 Å². The third-order valence-corrected chi connectivity index (χ3v) is 4.24. The van der Waals surface area contributed by atoms with Crippen LogP contribution in [0.5, 0.6) is 17.2 Å². The summed E-state index contributed by atoms with van der Waals surface area (Å²) in [5, 5.41) is 3.95. The van der Waals surface area contributed by atoms with Gasteiger partial charge in [0.15, 0.2) is 18.1 Å². The maximum Gasteiger partial charge on any atom is 0.277 e. The standard InChI is InChI=1S/C24H24N2O4/c1-18-7-9-20(10-8-18)16-29-21-13-11-19(12-14-21)15-25-26-24(27)17-30-23-6-4-3-5-22(23)28-2/h3-15H,16-17H2,1-2H3,(H,26,27)/b25-15-. The molecule has 0 aliphatic carbocycles. The second-order valence-electron chi connectivity index (χ2n) is 6.58. The molecule has 0 spiro atoms. The first-order valence-electron chi connectivity index (χ1n) is 9.50. The zero-order chi connectivity index (χ0) is 21.2. The smallest absolute Gasteiger partial charge is 0.277 e. The molecule has 0 saturated heterocycles. The monoisotopic (exact) mass is 404 g/mol. The van der Waals surface area contributed by atoms with Gasteiger partial charge < -0.3 is 14.2 Å². The maximum atomic E-state index is 11.9. The second kappa shape index (κ2) is 10.7. The SMILES string of the molecule is COc1ccccc1OCC(=O)N/N=C\c1ccc(OCc2ccc(C)cc2)cc1. The molecule has 3 rings (SSSR count). The lowest BCUT2D eigenvalue weighted by Gasteiger charge is -2.09. The van der Waals surface area contributed by atoms with Gasteiger partial charge in [-0.3, -0.25) is 4.79 Å². The van der Waals surface area contributed by atoms with E-state index in [0.29, 0.717) is 18.1 Å². The van der Waals surface area contributed by atoms with Crippen molar-refractivity contribution in [3.8, 4) is 17.2 Å². The van der Waals surface area contributed by atoms with Crippen molar-refractivity contribution in [2.24, 2.45) is 5.10 Å².